The van der Waals surface area contributed by atoms with Crippen molar-refractivity contribution in [3.63, 3.8) is 0 Å². The van der Waals surface area contributed by atoms with Gasteiger partial charge in [0.25, 0.3) is 0 Å². The number of rotatable bonds is 5. The molecule has 0 saturated heterocycles. The summed E-state index contributed by atoms with van der Waals surface area (Å²) >= 11 is 6.27. The standard InChI is InChI=1S/C17H22ClNO3/c1-4-5-13-10-19(2)7-6-12-8-15(18)16(9-14(12)13)22-17(20)11-21-3/h4,8-9,13H,1,5-7,10-11H2,2-3H3. The highest BCUT2D eigenvalue weighted by Gasteiger charge is 2.23. The lowest BCUT2D eigenvalue weighted by Gasteiger charge is -2.20. The molecule has 0 N–H and O–H groups in total. The summed E-state index contributed by atoms with van der Waals surface area (Å²) in [7, 11) is 3.57. The quantitative estimate of drug-likeness (QED) is 0.474. The number of fused-ring (bicyclic) bond motifs is 1. The van der Waals surface area contributed by atoms with Crippen LogP contribution in [-0.2, 0) is 16.0 Å². The lowest BCUT2D eigenvalue weighted by Crippen LogP contribution is -2.23. The molecule has 1 aliphatic heterocycles. The Labute approximate surface area is 136 Å². The van der Waals surface area contributed by atoms with Crippen LogP contribution in [0.4, 0.5) is 0 Å². The van der Waals surface area contributed by atoms with Crippen molar-refractivity contribution in [1.82, 2.24) is 4.90 Å². The molecule has 1 heterocycles. The van der Waals surface area contributed by atoms with Gasteiger partial charge in [0.15, 0.2) is 0 Å². The Balaban J connectivity index is 2.34. The van der Waals surface area contributed by atoms with Crippen LogP contribution in [0.5, 0.6) is 5.75 Å². The Morgan fingerprint density at radius 2 is 2.32 bits per heavy atom. The third-order valence-corrected chi connectivity index (χ3v) is 4.16. The molecule has 0 aliphatic carbocycles. The molecule has 1 aromatic carbocycles. The van der Waals surface area contributed by atoms with Gasteiger partial charge < -0.3 is 14.4 Å². The average molecular weight is 324 g/mol. The Bertz CT molecular complexity index is 559. The van der Waals surface area contributed by atoms with Gasteiger partial charge in [0.05, 0.1) is 5.02 Å². The van der Waals surface area contributed by atoms with Crippen LogP contribution in [0.3, 0.4) is 0 Å². The van der Waals surface area contributed by atoms with Crippen molar-refractivity contribution in [3.05, 3.63) is 40.9 Å². The van der Waals surface area contributed by atoms with Crippen LogP contribution in [0, 0.1) is 0 Å². The second-order valence-corrected chi connectivity index (χ2v) is 6.03. The van der Waals surface area contributed by atoms with Gasteiger partial charge in [0, 0.05) is 26.1 Å². The molecular formula is C17H22ClNO3. The van der Waals surface area contributed by atoms with Crippen molar-refractivity contribution >= 4 is 17.6 Å². The first-order chi connectivity index (χ1) is 10.5. The number of esters is 1. The fourth-order valence-electron chi connectivity index (χ4n) is 2.83. The van der Waals surface area contributed by atoms with Crippen LogP contribution in [0.1, 0.15) is 23.5 Å². The molecule has 0 spiro atoms. The molecule has 1 unspecified atom stereocenters. The van der Waals surface area contributed by atoms with Gasteiger partial charge in [0.1, 0.15) is 12.4 Å². The molecule has 4 nitrogen and oxygen atoms in total. The normalized spacial score (nSPS) is 18.4. The van der Waals surface area contributed by atoms with Gasteiger partial charge in [-0.05, 0) is 43.1 Å². The predicted molar refractivity (Wildman–Crippen MR) is 87.7 cm³/mol. The molecule has 1 aromatic rings. The first-order valence-electron chi connectivity index (χ1n) is 7.36. The van der Waals surface area contributed by atoms with Gasteiger partial charge in [-0.2, -0.15) is 0 Å². The topological polar surface area (TPSA) is 38.8 Å². The molecule has 0 saturated carbocycles. The summed E-state index contributed by atoms with van der Waals surface area (Å²) < 4.78 is 10.1. The summed E-state index contributed by atoms with van der Waals surface area (Å²) in [6.45, 7) is 5.69. The molecule has 1 atom stereocenters. The minimum atomic E-state index is -0.449. The van der Waals surface area contributed by atoms with E-state index >= 15 is 0 Å². The van der Waals surface area contributed by atoms with Crippen LogP contribution in [0.15, 0.2) is 24.8 Å². The molecule has 120 valence electrons. The van der Waals surface area contributed by atoms with Gasteiger partial charge in [-0.3, -0.25) is 0 Å². The number of nitrogens with zero attached hydrogens (tertiary/aromatic N) is 1. The Morgan fingerprint density at radius 1 is 1.55 bits per heavy atom. The third kappa shape index (κ3) is 4.09. The van der Waals surface area contributed by atoms with Crippen molar-refractivity contribution in [3.8, 4) is 5.75 Å². The van der Waals surface area contributed by atoms with Crippen LogP contribution < -0.4 is 4.74 Å². The second kappa shape index (κ2) is 7.77. The van der Waals surface area contributed by atoms with Crippen molar-refractivity contribution in [2.75, 3.05) is 33.9 Å². The van der Waals surface area contributed by atoms with Crippen molar-refractivity contribution in [1.29, 1.82) is 0 Å². The largest absolute Gasteiger partial charge is 0.423 e. The minimum absolute atomic E-state index is 0.0910. The number of hydrogen-bond donors (Lipinski definition) is 0. The molecule has 0 aromatic heterocycles. The Hall–Kier alpha value is -1.36. The maximum absolute atomic E-state index is 11.6. The lowest BCUT2D eigenvalue weighted by atomic mass is 9.91. The predicted octanol–water partition coefficient (Wildman–Crippen LogP) is 3.04. The molecule has 0 fully saturated rings. The maximum atomic E-state index is 11.6. The van der Waals surface area contributed by atoms with Crippen molar-refractivity contribution in [2.45, 2.75) is 18.8 Å². The number of methoxy groups -OCH3 is 1. The molecule has 22 heavy (non-hydrogen) atoms. The van der Waals surface area contributed by atoms with Crippen molar-refractivity contribution < 1.29 is 14.3 Å². The highest BCUT2D eigenvalue weighted by Crippen LogP contribution is 2.35. The summed E-state index contributed by atoms with van der Waals surface area (Å²) in [5.74, 6) is 0.286. The monoisotopic (exact) mass is 323 g/mol. The number of hydrogen-bond acceptors (Lipinski definition) is 4. The van der Waals surface area contributed by atoms with Gasteiger partial charge in [-0.15, -0.1) is 6.58 Å². The number of carbonyl (C=O) groups excluding carboxylic acids is 1. The highest BCUT2D eigenvalue weighted by atomic mass is 35.5. The SMILES string of the molecule is C=CCC1CN(C)CCc2cc(Cl)c(OC(=O)COC)cc21. The zero-order valence-electron chi connectivity index (χ0n) is 13.1. The van der Waals surface area contributed by atoms with E-state index in [4.69, 9.17) is 21.1 Å². The summed E-state index contributed by atoms with van der Waals surface area (Å²) in [5.41, 5.74) is 2.40. The molecular weight excluding hydrogens is 302 g/mol. The van der Waals surface area contributed by atoms with E-state index in [0.717, 1.165) is 25.9 Å². The van der Waals surface area contributed by atoms with Gasteiger partial charge in [0.2, 0.25) is 0 Å². The zero-order chi connectivity index (χ0) is 16.1. The van der Waals surface area contributed by atoms with E-state index in [-0.39, 0.29) is 6.61 Å². The molecule has 2 rings (SSSR count). The third-order valence-electron chi connectivity index (χ3n) is 3.87. The number of carbonyl (C=O) groups is 1. The van der Waals surface area contributed by atoms with Gasteiger partial charge >= 0.3 is 5.97 Å². The van der Waals surface area contributed by atoms with E-state index in [1.807, 2.05) is 18.2 Å². The first kappa shape index (κ1) is 17.0. The number of ether oxygens (including phenoxy) is 2. The molecule has 1 aliphatic rings. The van der Waals surface area contributed by atoms with E-state index in [1.54, 1.807) is 0 Å². The molecule has 0 amide bonds. The zero-order valence-corrected chi connectivity index (χ0v) is 13.9. The fourth-order valence-corrected chi connectivity index (χ4v) is 3.06. The Kier molecular flexibility index (Phi) is 6.00. The van der Waals surface area contributed by atoms with Crippen LogP contribution in [0.25, 0.3) is 0 Å². The van der Waals surface area contributed by atoms with E-state index in [1.165, 1.54) is 18.2 Å². The van der Waals surface area contributed by atoms with E-state index < -0.39 is 5.97 Å². The first-order valence-corrected chi connectivity index (χ1v) is 7.74. The summed E-state index contributed by atoms with van der Waals surface area (Å²) in [4.78, 5) is 13.9. The van der Waals surface area contributed by atoms with Gasteiger partial charge in [-0.25, -0.2) is 4.79 Å². The van der Waals surface area contributed by atoms with E-state index in [0.29, 0.717) is 16.7 Å². The number of likely N-dealkylation sites (N-methyl/N-ethyl adjacent to an activating group) is 1. The van der Waals surface area contributed by atoms with Crippen LogP contribution in [-0.4, -0.2) is 44.7 Å². The summed E-state index contributed by atoms with van der Waals surface area (Å²) in [5, 5.41) is 0.463. The average Bonchev–Trinajstić information content (AvgIpc) is 2.60. The van der Waals surface area contributed by atoms with Gasteiger partial charge in [-0.1, -0.05) is 17.7 Å². The lowest BCUT2D eigenvalue weighted by molar-refractivity contribution is -0.138. The molecule has 5 heteroatoms. The van der Waals surface area contributed by atoms with Crippen LogP contribution >= 0.6 is 11.6 Å². The summed E-state index contributed by atoms with van der Waals surface area (Å²) in [6.07, 6.45) is 3.74. The number of benzene rings is 1. The van der Waals surface area contributed by atoms with Crippen LogP contribution in [0.2, 0.25) is 5.02 Å². The van der Waals surface area contributed by atoms with Crippen molar-refractivity contribution in [2.24, 2.45) is 0 Å². The molecule has 0 radical (unpaired) electrons. The maximum Gasteiger partial charge on any atom is 0.337 e. The minimum Gasteiger partial charge on any atom is -0.423 e. The number of halogens is 1. The number of allylic oxidation sites excluding steroid dienone is 1. The second-order valence-electron chi connectivity index (χ2n) is 5.62. The summed E-state index contributed by atoms with van der Waals surface area (Å²) in [6, 6.07) is 3.82. The van der Waals surface area contributed by atoms with E-state index in [9.17, 15) is 4.79 Å². The van der Waals surface area contributed by atoms with E-state index in [2.05, 4.69) is 18.5 Å². The highest BCUT2D eigenvalue weighted by molar-refractivity contribution is 6.32. The smallest absolute Gasteiger partial charge is 0.337 e. The molecule has 0 bridgehead atoms. The Morgan fingerprint density at radius 3 is 3.00 bits per heavy atom. The fraction of sp³-hybridized carbons (Fsp3) is 0.471.